The molecule has 21 heavy (non-hydrogen) atoms. The third-order valence-electron chi connectivity index (χ3n) is 3.14. The molecule has 0 spiro atoms. The van der Waals surface area contributed by atoms with Crippen LogP contribution in [0.2, 0.25) is 28.7 Å². The number of hydrogen-bond donors (Lipinski definition) is 0. The second kappa shape index (κ2) is 7.17. The Morgan fingerprint density at radius 1 is 1.43 bits per heavy atom. The zero-order valence-corrected chi connectivity index (χ0v) is 14.9. The molecule has 0 aliphatic heterocycles. The normalized spacial score (nSPS) is 12.4. The molecular weight excluding hydrogens is 329 g/mol. The third kappa shape index (κ3) is 4.92. The van der Waals surface area contributed by atoms with Gasteiger partial charge in [0.15, 0.2) is 6.61 Å². The predicted octanol–water partition coefficient (Wildman–Crippen LogP) is 4.34. The lowest BCUT2D eigenvalue weighted by atomic mass is 10.2. The molecule has 4 nitrogen and oxygen atoms in total. The minimum atomic E-state index is -2.39. The zero-order chi connectivity index (χ0) is 16.2. The van der Waals surface area contributed by atoms with Crippen molar-refractivity contribution in [3.05, 3.63) is 27.7 Å². The number of nitrogens with zero attached hydrogens (tertiary/aromatic N) is 1. The molecule has 1 aromatic carbocycles. The number of ether oxygens (including phenoxy) is 1. The Bertz CT molecular complexity index is 561. The van der Waals surface area contributed by atoms with Gasteiger partial charge in [-0.15, -0.1) is 0 Å². The quantitative estimate of drug-likeness (QED) is 0.744. The fourth-order valence-electron chi connectivity index (χ4n) is 1.57. The van der Waals surface area contributed by atoms with Crippen LogP contribution in [0.4, 0.5) is 0 Å². The first-order valence-corrected chi connectivity index (χ1v) is 10.1. The maximum Gasteiger partial charge on any atom is 0.330 e. The highest BCUT2D eigenvalue weighted by Gasteiger charge is 2.34. The summed E-state index contributed by atoms with van der Waals surface area (Å²) in [6.07, 6.45) is 0. The van der Waals surface area contributed by atoms with Crippen LogP contribution in [-0.2, 0) is 9.22 Å². The second-order valence-electron chi connectivity index (χ2n) is 5.25. The highest BCUT2D eigenvalue weighted by molar-refractivity contribution is 6.74. The van der Waals surface area contributed by atoms with Gasteiger partial charge in [-0.25, -0.2) is 4.79 Å². The second-order valence-corrected chi connectivity index (χ2v) is 10.4. The minimum absolute atomic E-state index is 0.253. The van der Waals surface area contributed by atoms with Gasteiger partial charge in [-0.1, -0.05) is 23.2 Å². The van der Waals surface area contributed by atoms with Gasteiger partial charge in [0.25, 0.3) is 8.32 Å². The molecule has 0 fully saturated rings. The molecule has 0 saturated heterocycles. The van der Waals surface area contributed by atoms with Gasteiger partial charge in [0.05, 0.1) is 16.6 Å². The van der Waals surface area contributed by atoms with Crippen molar-refractivity contribution >= 4 is 37.5 Å². The van der Waals surface area contributed by atoms with E-state index in [4.69, 9.17) is 37.6 Å². The Morgan fingerprint density at radius 2 is 2.05 bits per heavy atom. The van der Waals surface area contributed by atoms with Gasteiger partial charge in [0.1, 0.15) is 5.75 Å². The summed E-state index contributed by atoms with van der Waals surface area (Å²) in [6, 6.07) is 5.36. The van der Waals surface area contributed by atoms with Gasteiger partial charge in [-0.3, -0.25) is 0 Å². The first-order valence-electron chi connectivity index (χ1n) is 6.37. The van der Waals surface area contributed by atoms with E-state index in [0.29, 0.717) is 15.8 Å². The molecule has 114 valence electrons. The van der Waals surface area contributed by atoms with Gasteiger partial charge in [-0.2, -0.15) is 5.26 Å². The number of aryl methyl sites for hydroxylation is 1. The Kier molecular flexibility index (Phi) is 6.08. The first kappa shape index (κ1) is 17.8. The molecule has 1 atom stereocenters. The lowest BCUT2D eigenvalue weighted by Gasteiger charge is -2.24. The molecule has 1 aromatic rings. The van der Waals surface area contributed by atoms with E-state index < -0.39 is 14.3 Å². The van der Waals surface area contributed by atoms with E-state index in [9.17, 15) is 4.79 Å². The van der Waals surface area contributed by atoms with Crippen LogP contribution in [0.3, 0.4) is 0 Å². The van der Waals surface area contributed by atoms with E-state index in [2.05, 4.69) is 6.07 Å². The van der Waals surface area contributed by atoms with Gasteiger partial charge in [-0.05, 0) is 44.6 Å². The number of carbonyl (C=O) groups excluding carboxylic acids is 1. The van der Waals surface area contributed by atoms with Crippen LogP contribution >= 0.6 is 23.2 Å². The van der Waals surface area contributed by atoms with Crippen LogP contribution in [-0.4, -0.2) is 20.9 Å². The average Bonchev–Trinajstić information content (AvgIpc) is 2.35. The molecule has 0 aromatic heterocycles. The number of rotatable bonds is 5. The summed E-state index contributed by atoms with van der Waals surface area (Å²) in [6.45, 7) is 6.92. The lowest BCUT2D eigenvalue weighted by Crippen LogP contribution is -2.38. The monoisotopic (exact) mass is 345 g/mol. The van der Waals surface area contributed by atoms with Crippen molar-refractivity contribution in [3.63, 3.8) is 0 Å². The zero-order valence-electron chi connectivity index (χ0n) is 12.4. The number of benzene rings is 1. The van der Waals surface area contributed by atoms with E-state index in [1.807, 2.05) is 13.1 Å². The molecule has 0 heterocycles. The molecule has 7 heteroatoms. The van der Waals surface area contributed by atoms with Gasteiger partial charge in [0.2, 0.25) is 0 Å². The van der Waals surface area contributed by atoms with E-state index in [1.165, 1.54) is 0 Å². The van der Waals surface area contributed by atoms with Crippen molar-refractivity contribution < 1.29 is 14.0 Å². The van der Waals surface area contributed by atoms with Crippen molar-refractivity contribution in [1.29, 1.82) is 5.26 Å². The summed E-state index contributed by atoms with van der Waals surface area (Å²) in [5.74, 6) is -0.0926. The molecule has 0 amide bonds. The Labute approximate surface area is 135 Å². The summed E-state index contributed by atoms with van der Waals surface area (Å²) < 4.78 is 10.8. The highest BCUT2D eigenvalue weighted by Crippen LogP contribution is 2.32. The highest BCUT2D eigenvalue weighted by atomic mass is 35.5. The molecule has 1 rings (SSSR count). The van der Waals surface area contributed by atoms with Gasteiger partial charge in [0, 0.05) is 5.02 Å². The molecule has 0 radical (unpaired) electrons. The number of hydrogen-bond acceptors (Lipinski definition) is 4. The summed E-state index contributed by atoms with van der Waals surface area (Å²) in [4.78, 5) is 11.9. The van der Waals surface area contributed by atoms with E-state index in [1.54, 1.807) is 26.0 Å². The van der Waals surface area contributed by atoms with Crippen LogP contribution in [0.25, 0.3) is 0 Å². The average molecular weight is 346 g/mol. The SMILES string of the molecule is Cc1cc(Cl)cc(Cl)c1OCC(=O)O[Si](C)(C)C(C)C#N. The molecule has 0 bridgehead atoms. The predicted molar refractivity (Wildman–Crippen MR) is 85.3 cm³/mol. The number of halogens is 2. The molecular formula is C14H17Cl2NO3Si. The minimum Gasteiger partial charge on any atom is -0.516 e. The number of carbonyl (C=O) groups is 1. The Morgan fingerprint density at radius 3 is 2.57 bits per heavy atom. The smallest absolute Gasteiger partial charge is 0.330 e. The van der Waals surface area contributed by atoms with Crippen LogP contribution in [0.5, 0.6) is 5.75 Å². The lowest BCUT2D eigenvalue weighted by molar-refractivity contribution is -0.137. The van der Waals surface area contributed by atoms with Crippen molar-refractivity contribution in [2.75, 3.05) is 6.61 Å². The van der Waals surface area contributed by atoms with Crippen LogP contribution in [0.15, 0.2) is 12.1 Å². The van der Waals surface area contributed by atoms with E-state index >= 15 is 0 Å². The molecule has 0 N–H and O–H groups in total. The van der Waals surface area contributed by atoms with Crippen LogP contribution in [0.1, 0.15) is 12.5 Å². The molecule has 1 unspecified atom stereocenters. The largest absolute Gasteiger partial charge is 0.516 e. The summed E-state index contributed by atoms with van der Waals surface area (Å²) in [5.41, 5.74) is 0.449. The third-order valence-corrected chi connectivity index (χ3v) is 6.61. The maximum atomic E-state index is 11.9. The standard InChI is InChI=1S/C14H17Cl2NO3Si/c1-9-5-11(15)6-12(16)14(9)19-8-13(18)20-21(3,4)10(2)7-17/h5-6,10H,8H2,1-4H3. The van der Waals surface area contributed by atoms with E-state index in [-0.39, 0.29) is 12.1 Å². The Hall–Kier alpha value is -1.22. The van der Waals surface area contributed by atoms with Crippen molar-refractivity contribution in [1.82, 2.24) is 0 Å². The van der Waals surface area contributed by atoms with Crippen LogP contribution < -0.4 is 4.74 Å². The molecule has 0 aliphatic rings. The van der Waals surface area contributed by atoms with Crippen LogP contribution in [0, 0.1) is 18.3 Å². The molecule has 0 aliphatic carbocycles. The van der Waals surface area contributed by atoms with Crippen molar-refractivity contribution in [2.45, 2.75) is 32.5 Å². The summed E-state index contributed by atoms with van der Waals surface area (Å²) >= 11 is 11.9. The van der Waals surface area contributed by atoms with E-state index in [0.717, 1.165) is 5.56 Å². The first-order chi connectivity index (χ1) is 9.67. The summed E-state index contributed by atoms with van der Waals surface area (Å²) in [5, 5.41) is 9.77. The number of nitriles is 1. The fraction of sp³-hybridized carbons (Fsp3) is 0.429. The molecule has 0 saturated carbocycles. The fourth-order valence-corrected chi connectivity index (χ4v) is 3.35. The topological polar surface area (TPSA) is 59.3 Å². The van der Waals surface area contributed by atoms with Gasteiger partial charge < -0.3 is 9.16 Å². The maximum absolute atomic E-state index is 11.9. The van der Waals surface area contributed by atoms with Crippen molar-refractivity contribution in [3.8, 4) is 11.8 Å². The van der Waals surface area contributed by atoms with Gasteiger partial charge >= 0.3 is 5.97 Å². The van der Waals surface area contributed by atoms with Crippen molar-refractivity contribution in [2.24, 2.45) is 0 Å². The Balaban J connectivity index is 2.69. The summed E-state index contributed by atoms with van der Waals surface area (Å²) in [7, 11) is -2.39.